The summed E-state index contributed by atoms with van der Waals surface area (Å²) in [4.78, 5) is 0. The minimum atomic E-state index is 0.627. The van der Waals surface area contributed by atoms with Crippen molar-refractivity contribution in [3.05, 3.63) is 40.7 Å². The summed E-state index contributed by atoms with van der Waals surface area (Å²) in [6, 6.07) is 5.73. The Hall–Kier alpha value is -1.68. The maximum absolute atomic E-state index is 6.17. The number of nitrogens with zero attached hydrogens (tertiary/aromatic N) is 1. The van der Waals surface area contributed by atoms with Gasteiger partial charge in [0.15, 0.2) is 0 Å². The highest BCUT2D eigenvalue weighted by molar-refractivity contribution is 6.32. The highest BCUT2D eigenvalue weighted by Gasteiger charge is 2.04. The molecule has 0 radical (unpaired) electrons. The van der Waals surface area contributed by atoms with Gasteiger partial charge in [0.1, 0.15) is 5.75 Å². The van der Waals surface area contributed by atoms with Gasteiger partial charge in [-0.1, -0.05) is 18.5 Å². The van der Waals surface area contributed by atoms with Gasteiger partial charge in [-0.2, -0.15) is 5.10 Å². The van der Waals surface area contributed by atoms with Crippen LogP contribution < -0.4 is 10.1 Å². The molecule has 0 aliphatic heterocycles. The van der Waals surface area contributed by atoms with Crippen LogP contribution in [0.3, 0.4) is 0 Å². The maximum atomic E-state index is 6.17. The van der Waals surface area contributed by atoms with E-state index < -0.39 is 0 Å². The number of aromatic amines is 1. The van der Waals surface area contributed by atoms with Gasteiger partial charge in [0, 0.05) is 23.5 Å². The van der Waals surface area contributed by atoms with Gasteiger partial charge >= 0.3 is 0 Å². The van der Waals surface area contributed by atoms with Crippen LogP contribution in [-0.4, -0.2) is 16.8 Å². The van der Waals surface area contributed by atoms with E-state index in [1.165, 1.54) is 0 Å². The second kappa shape index (κ2) is 6.48. The number of hydrogen-bond acceptors (Lipinski definition) is 3. The summed E-state index contributed by atoms with van der Waals surface area (Å²) in [5.41, 5.74) is 3.18. The number of benzene rings is 1. The van der Waals surface area contributed by atoms with Crippen molar-refractivity contribution in [3.63, 3.8) is 0 Å². The third-order valence-corrected chi connectivity index (χ3v) is 3.11. The predicted molar refractivity (Wildman–Crippen MR) is 77.9 cm³/mol. The van der Waals surface area contributed by atoms with Crippen LogP contribution >= 0.6 is 11.6 Å². The van der Waals surface area contributed by atoms with E-state index in [1.54, 1.807) is 0 Å². The van der Waals surface area contributed by atoms with Gasteiger partial charge < -0.3 is 10.1 Å². The molecule has 4 nitrogen and oxygen atoms in total. The summed E-state index contributed by atoms with van der Waals surface area (Å²) in [5, 5.41) is 10.8. The highest BCUT2D eigenvalue weighted by atomic mass is 35.5. The van der Waals surface area contributed by atoms with Crippen molar-refractivity contribution in [3.8, 4) is 5.75 Å². The van der Waals surface area contributed by atoms with Gasteiger partial charge in [0.05, 0.1) is 17.8 Å². The van der Waals surface area contributed by atoms with Crippen molar-refractivity contribution < 1.29 is 4.74 Å². The molecular formula is C14H18ClN3O. The molecule has 0 fully saturated rings. The standard InChI is InChI=1S/C14H18ClN3O/c1-3-6-19-14-5-4-12(7-13(14)15)16-8-11-9-17-18-10(11)2/h4-5,7,9,16H,3,6,8H2,1-2H3,(H,17,18). The fourth-order valence-corrected chi connectivity index (χ4v) is 1.93. The lowest BCUT2D eigenvalue weighted by Gasteiger charge is -2.10. The first-order valence-electron chi connectivity index (χ1n) is 6.35. The summed E-state index contributed by atoms with van der Waals surface area (Å²) >= 11 is 6.17. The first-order chi connectivity index (χ1) is 9.20. The highest BCUT2D eigenvalue weighted by Crippen LogP contribution is 2.28. The summed E-state index contributed by atoms with van der Waals surface area (Å²) in [6.07, 6.45) is 2.79. The Bertz CT molecular complexity index is 539. The number of aromatic nitrogens is 2. The van der Waals surface area contributed by atoms with Crippen LogP contribution in [0.4, 0.5) is 5.69 Å². The van der Waals surface area contributed by atoms with E-state index in [9.17, 15) is 0 Å². The molecule has 5 heteroatoms. The third kappa shape index (κ3) is 3.64. The smallest absolute Gasteiger partial charge is 0.138 e. The number of rotatable bonds is 6. The zero-order valence-corrected chi connectivity index (χ0v) is 11.9. The van der Waals surface area contributed by atoms with E-state index >= 15 is 0 Å². The Morgan fingerprint density at radius 1 is 1.42 bits per heavy atom. The minimum Gasteiger partial charge on any atom is -0.492 e. The molecule has 0 amide bonds. The average Bonchev–Trinajstić information content (AvgIpc) is 2.81. The Labute approximate surface area is 118 Å². The van der Waals surface area contributed by atoms with E-state index in [4.69, 9.17) is 16.3 Å². The maximum Gasteiger partial charge on any atom is 0.138 e. The SMILES string of the molecule is CCCOc1ccc(NCc2cn[nH]c2C)cc1Cl. The van der Waals surface area contributed by atoms with Crippen molar-refractivity contribution in [1.82, 2.24) is 10.2 Å². The molecule has 0 aliphatic carbocycles. The molecule has 0 bridgehead atoms. The van der Waals surface area contributed by atoms with Crippen molar-refractivity contribution in [2.75, 3.05) is 11.9 Å². The van der Waals surface area contributed by atoms with Crippen molar-refractivity contribution >= 4 is 17.3 Å². The molecule has 0 saturated heterocycles. The number of ether oxygens (including phenoxy) is 1. The molecule has 1 heterocycles. The minimum absolute atomic E-state index is 0.627. The van der Waals surface area contributed by atoms with Crippen LogP contribution in [0.1, 0.15) is 24.6 Å². The molecule has 2 N–H and O–H groups in total. The van der Waals surface area contributed by atoms with E-state index in [0.29, 0.717) is 18.2 Å². The van der Waals surface area contributed by atoms with E-state index in [0.717, 1.165) is 29.1 Å². The summed E-state index contributed by atoms with van der Waals surface area (Å²) in [6.45, 7) is 5.46. The average molecular weight is 280 g/mol. The molecule has 19 heavy (non-hydrogen) atoms. The third-order valence-electron chi connectivity index (χ3n) is 2.81. The molecule has 2 aromatic rings. The quantitative estimate of drug-likeness (QED) is 0.846. The Morgan fingerprint density at radius 2 is 2.26 bits per heavy atom. The van der Waals surface area contributed by atoms with Crippen molar-refractivity contribution in [1.29, 1.82) is 0 Å². The van der Waals surface area contributed by atoms with Crippen LogP contribution in [0.25, 0.3) is 0 Å². The van der Waals surface area contributed by atoms with Gasteiger partial charge in [-0.05, 0) is 31.5 Å². The lowest BCUT2D eigenvalue weighted by atomic mass is 10.2. The molecule has 2 rings (SSSR count). The molecule has 1 aromatic carbocycles. The zero-order valence-electron chi connectivity index (χ0n) is 11.2. The van der Waals surface area contributed by atoms with Crippen LogP contribution in [0.5, 0.6) is 5.75 Å². The normalized spacial score (nSPS) is 10.5. The fraction of sp³-hybridized carbons (Fsp3) is 0.357. The number of H-pyrrole nitrogens is 1. The zero-order chi connectivity index (χ0) is 13.7. The second-order valence-electron chi connectivity index (χ2n) is 4.37. The summed E-state index contributed by atoms with van der Waals surface area (Å²) < 4.78 is 5.54. The molecule has 0 unspecified atom stereocenters. The van der Waals surface area contributed by atoms with Crippen LogP contribution in [-0.2, 0) is 6.54 Å². The van der Waals surface area contributed by atoms with Crippen molar-refractivity contribution in [2.24, 2.45) is 0 Å². The topological polar surface area (TPSA) is 49.9 Å². The number of halogens is 1. The monoisotopic (exact) mass is 279 g/mol. The largest absolute Gasteiger partial charge is 0.492 e. The number of aryl methyl sites for hydroxylation is 1. The summed E-state index contributed by atoms with van der Waals surface area (Å²) in [7, 11) is 0. The first-order valence-corrected chi connectivity index (χ1v) is 6.73. The van der Waals surface area contributed by atoms with Gasteiger partial charge in [-0.3, -0.25) is 5.10 Å². The van der Waals surface area contributed by atoms with Crippen LogP contribution in [0.15, 0.2) is 24.4 Å². The molecule has 102 valence electrons. The number of hydrogen-bond donors (Lipinski definition) is 2. The Morgan fingerprint density at radius 3 is 2.89 bits per heavy atom. The van der Waals surface area contributed by atoms with Gasteiger partial charge in [-0.15, -0.1) is 0 Å². The van der Waals surface area contributed by atoms with E-state index in [1.807, 2.05) is 31.3 Å². The lowest BCUT2D eigenvalue weighted by molar-refractivity contribution is 0.317. The van der Waals surface area contributed by atoms with E-state index in [2.05, 4.69) is 22.4 Å². The molecule has 1 aromatic heterocycles. The van der Waals surface area contributed by atoms with Gasteiger partial charge in [0.2, 0.25) is 0 Å². The second-order valence-corrected chi connectivity index (χ2v) is 4.77. The van der Waals surface area contributed by atoms with Crippen molar-refractivity contribution in [2.45, 2.75) is 26.8 Å². The molecule has 0 aliphatic rings. The summed E-state index contributed by atoms with van der Waals surface area (Å²) in [5.74, 6) is 0.730. The molecular weight excluding hydrogens is 262 g/mol. The first kappa shape index (κ1) is 13.7. The van der Waals surface area contributed by atoms with Crippen LogP contribution in [0, 0.1) is 6.92 Å². The molecule has 0 atom stereocenters. The number of nitrogens with one attached hydrogen (secondary N) is 2. The lowest BCUT2D eigenvalue weighted by Crippen LogP contribution is -2.01. The van der Waals surface area contributed by atoms with Gasteiger partial charge in [0.25, 0.3) is 0 Å². The molecule has 0 saturated carbocycles. The predicted octanol–water partition coefficient (Wildman–Crippen LogP) is 3.77. The van der Waals surface area contributed by atoms with Crippen LogP contribution in [0.2, 0.25) is 5.02 Å². The Balaban J connectivity index is 1.98. The number of anilines is 1. The van der Waals surface area contributed by atoms with Gasteiger partial charge in [-0.25, -0.2) is 0 Å². The molecule has 0 spiro atoms. The Kier molecular flexibility index (Phi) is 4.68. The fourth-order valence-electron chi connectivity index (χ4n) is 1.69. The van der Waals surface area contributed by atoms with E-state index in [-0.39, 0.29) is 0 Å².